The molecule has 0 spiro atoms. The highest BCUT2D eigenvalue weighted by molar-refractivity contribution is 8.13. The molecule has 4 nitrogen and oxygen atoms in total. The molecule has 1 saturated heterocycles. The molecule has 1 aliphatic rings. The van der Waals surface area contributed by atoms with E-state index in [9.17, 15) is 9.59 Å². The second-order valence-electron chi connectivity index (χ2n) is 4.99. The van der Waals surface area contributed by atoms with Crippen molar-refractivity contribution in [1.82, 2.24) is 0 Å². The van der Waals surface area contributed by atoms with E-state index in [-0.39, 0.29) is 16.9 Å². The minimum absolute atomic E-state index is 0.0864. The fourth-order valence-electron chi connectivity index (χ4n) is 2.32. The molecule has 1 heterocycles. The van der Waals surface area contributed by atoms with E-state index in [2.05, 4.69) is 6.07 Å². The standard InChI is InChI=1S/C15H16N2O2S/c1-10-5-14(4-3-13(10)7-16)17-8-12(6-15(17)19)9-20-11(2)18/h3-5,12H,6,8-9H2,1-2H3. The first kappa shape index (κ1) is 14.6. The highest BCUT2D eigenvalue weighted by atomic mass is 32.2. The number of nitriles is 1. The average molecular weight is 288 g/mol. The van der Waals surface area contributed by atoms with E-state index in [4.69, 9.17) is 5.26 Å². The number of carbonyl (C=O) groups excluding carboxylic acids is 2. The molecule has 0 bridgehead atoms. The molecule has 1 fully saturated rings. The van der Waals surface area contributed by atoms with Crippen LogP contribution in [0, 0.1) is 24.2 Å². The number of amides is 1. The lowest BCUT2D eigenvalue weighted by atomic mass is 10.1. The van der Waals surface area contributed by atoms with Crippen molar-refractivity contribution >= 4 is 28.5 Å². The fraction of sp³-hybridized carbons (Fsp3) is 0.400. The predicted molar refractivity (Wildman–Crippen MR) is 79.5 cm³/mol. The van der Waals surface area contributed by atoms with Gasteiger partial charge in [0.2, 0.25) is 5.91 Å². The van der Waals surface area contributed by atoms with Crippen molar-refractivity contribution in [3.8, 4) is 6.07 Å². The van der Waals surface area contributed by atoms with E-state index in [0.717, 1.165) is 11.3 Å². The Labute approximate surface area is 122 Å². The van der Waals surface area contributed by atoms with E-state index in [1.165, 1.54) is 11.8 Å². The molecule has 0 N–H and O–H groups in total. The Kier molecular flexibility index (Phi) is 4.46. The SMILES string of the molecule is CC(=O)SCC1CC(=O)N(c2ccc(C#N)c(C)c2)C1. The average Bonchev–Trinajstić information content (AvgIpc) is 2.77. The molecule has 1 atom stereocenters. The lowest BCUT2D eigenvalue weighted by Crippen LogP contribution is -2.24. The first-order valence-electron chi connectivity index (χ1n) is 6.45. The first-order valence-corrected chi connectivity index (χ1v) is 7.44. The molecule has 0 aromatic heterocycles. The third-order valence-corrected chi connectivity index (χ3v) is 4.41. The zero-order valence-corrected chi connectivity index (χ0v) is 12.4. The zero-order valence-electron chi connectivity index (χ0n) is 11.5. The molecule has 1 amide bonds. The predicted octanol–water partition coefficient (Wildman–Crippen LogP) is 2.50. The van der Waals surface area contributed by atoms with Crippen LogP contribution in [-0.2, 0) is 9.59 Å². The molecular formula is C15H16N2O2S. The molecule has 0 radical (unpaired) electrons. The van der Waals surface area contributed by atoms with Crippen LogP contribution >= 0.6 is 11.8 Å². The van der Waals surface area contributed by atoms with Crippen molar-refractivity contribution in [1.29, 1.82) is 5.26 Å². The van der Waals surface area contributed by atoms with Crippen molar-refractivity contribution < 1.29 is 9.59 Å². The van der Waals surface area contributed by atoms with Crippen LogP contribution in [0.2, 0.25) is 0 Å². The Balaban J connectivity index is 2.10. The third kappa shape index (κ3) is 3.20. The summed E-state index contributed by atoms with van der Waals surface area (Å²) in [5.41, 5.74) is 2.34. The number of hydrogen-bond donors (Lipinski definition) is 0. The summed E-state index contributed by atoms with van der Waals surface area (Å²) >= 11 is 1.28. The first-order chi connectivity index (χ1) is 9.51. The summed E-state index contributed by atoms with van der Waals surface area (Å²) in [6.45, 7) is 4.05. The van der Waals surface area contributed by atoms with Crippen LogP contribution in [0.4, 0.5) is 5.69 Å². The summed E-state index contributed by atoms with van der Waals surface area (Å²) in [7, 11) is 0. The van der Waals surface area contributed by atoms with E-state index < -0.39 is 0 Å². The smallest absolute Gasteiger partial charge is 0.227 e. The van der Waals surface area contributed by atoms with Gasteiger partial charge in [-0.25, -0.2) is 0 Å². The summed E-state index contributed by atoms with van der Waals surface area (Å²) in [6.07, 6.45) is 0.485. The lowest BCUT2D eigenvalue weighted by Gasteiger charge is -2.17. The van der Waals surface area contributed by atoms with Gasteiger partial charge in [-0.1, -0.05) is 11.8 Å². The van der Waals surface area contributed by atoms with Crippen LogP contribution < -0.4 is 4.90 Å². The van der Waals surface area contributed by atoms with Crippen LogP contribution in [0.1, 0.15) is 24.5 Å². The van der Waals surface area contributed by atoms with Gasteiger partial charge in [-0.2, -0.15) is 5.26 Å². The Bertz CT molecular complexity index is 592. The number of rotatable bonds is 3. The molecule has 0 saturated carbocycles. The number of anilines is 1. The molecule has 104 valence electrons. The van der Waals surface area contributed by atoms with Gasteiger partial charge in [-0.3, -0.25) is 9.59 Å². The molecule has 5 heteroatoms. The fourth-order valence-corrected chi connectivity index (χ4v) is 3.01. The topological polar surface area (TPSA) is 61.2 Å². The van der Waals surface area contributed by atoms with Gasteiger partial charge in [0.25, 0.3) is 0 Å². The monoisotopic (exact) mass is 288 g/mol. The molecular weight excluding hydrogens is 272 g/mol. The van der Waals surface area contributed by atoms with Crippen molar-refractivity contribution in [2.75, 3.05) is 17.2 Å². The maximum absolute atomic E-state index is 12.1. The Morgan fingerprint density at radius 1 is 1.55 bits per heavy atom. The highest BCUT2D eigenvalue weighted by Crippen LogP contribution is 2.28. The van der Waals surface area contributed by atoms with Crippen molar-refractivity contribution in [3.05, 3.63) is 29.3 Å². The van der Waals surface area contributed by atoms with E-state index >= 15 is 0 Å². The third-order valence-electron chi connectivity index (χ3n) is 3.37. The number of benzene rings is 1. The summed E-state index contributed by atoms with van der Waals surface area (Å²) < 4.78 is 0. The van der Waals surface area contributed by atoms with Gasteiger partial charge in [0.05, 0.1) is 11.6 Å². The van der Waals surface area contributed by atoms with Gasteiger partial charge in [-0.05, 0) is 36.6 Å². The second-order valence-corrected chi connectivity index (χ2v) is 6.19. The zero-order chi connectivity index (χ0) is 14.7. The maximum atomic E-state index is 12.1. The number of aryl methyl sites for hydroxylation is 1. The largest absolute Gasteiger partial charge is 0.312 e. The van der Waals surface area contributed by atoms with E-state index in [1.807, 2.05) is 19.1 Å². The van der Waals surface area contributed by atoms with Gasteiger partial charge in [0.1, 0.15) is 0 Å². The normalized spacial score (nSPS) is 18.1. The number of nitrogens with zero attached hydrogens (tertiary/aromatic N) is 2. The number of carbonyl (C=O) groups is 2. The number of thioether (sulfide) groups is 1. The van der Waals surface area contributed by atoms with E-state index in [1.54, 1.807) is 17.9 Å². The molecule has 0 aliphatic carbocycles. The van der Waals surface area contributed by atoms with Crippen molar-refractivity contribution in [2.24, 2.45) is 5.92 Å². The van der Waals surface area contributed by atoms with Gasteiger partial charge in [-0.15, -0.1) is 0 Å². The summed E-state index contributed by atoms with van der Waals surface area (Å²) in [5, 5.41) is 9.01. The lowest BCUT2D eigenvalue weighted by molar-refractivity contribution is -0.117. The molecule has 20 heavy (non-hydrogen) atoms. The van der Waals surface area contributed by atoms with Crippen LogP contribution in [-0.4, -0.2) is 23.3 Å². The van der Waals surface area contributed by atoms with Gasteiger partial charge >= 0.3 is 0 Å². The van der Waals surface area contributed by atoms with Gasteiger partial charge < -0.3 is 4.90 Å². The van der Waals surface area contributed by atoms with Gasteiger partial charge in [0.15, 0.2) is 5.12 Å². The quantitative estimate of drug-likeness (QED) is 0.857. The van der Waals surface area contributed by atoms with Crippen LogP contribution in [0.25, 0.3) is 0 Å². The molecule has 1 unspecified atom stereocenters. The Hall–Kier alpha value is -1.80. The molecule has 1 aliphatic heterocycles. The Morgan fingerprint density at radius 2 is 2.30 bits per heavy atom. The summed E-state index contributed by atoms with van der Waals surface area (Å²) in [6, 6.07) is 7.55. The van der Waals surface area contributed by atoms with Crippen LogP contribution in [0.5, 0.6) is 0 Å². The maximum Gasteiger partial charge on any atom is 0.227 e. The van der Waals surface area contributed by atoms with Crippen molar-refractivity contribution in [2.45, 2.75) is 20.3 Å². The van der Waals surface area contributed by atoms with Crippen LogP contribution in [0.15, 0.2) is 18.2 Å². The van der Waals surface area contributed by atoms with Crippen LogP contribution in [0.3, 0.4) is 0 Å². The minimum Gasteiger partial charge on any atom is -0.312 e. The molecule has 1 aromatic carbocycles. The second kappa shape index (κ2) is 6.10. The van der Waals surface area contributed by atoms with E-state index in [0.29, 0.717) is 24.3 Å². The number of hydrogen-bond acceptors (Lipinski definition) is 4. The van der Waals surface area contributed by atoms with Crippen molar-refractivity contribution in [3.63, 3.8) is 0 Å². The minimum atomic E-state index is 0.0864. The van der Waals surface area contributed by atoms with Gasteiger partial charge in [0, 0.05) is 31.3 Å². The summed E-state index contributed by atoms with van der Waals surface area (Å²) in [4.78, 5) is 24.8. The molecule has 1 aromatic rings. The highest BCUT2D eigenvalue weighted by Gasteiger charge is 2.30. The molecule has 2 rings (SSSR count). The summed E-state index contributed by atoms with van der Waals surface area (Å²) in [5.74, 6) is 0.989. The Morgan fingerprint density at radius 3 is 2.90 bits per heavy atom.